The van der Waals surface area contributed by atoms with Gasteiger partial charge in [0.25, 0.3) is 0 Å². The molecule has 0 bridgehead atoms. The van der Waals surface area contributed by atoms with Crippen molar-refractivity contribution in [2.45, 2.75) is 12.8 Å². The molecule has 0 fully saturated rings. The van der Waals surface area contributed by atoms with Crippen LogP contribution >= 0.6 is 0 Å². The maximum Gasteiger partial charge on any atom is 0.417 e. The lowest BCUT2D eigenvalue weighted by atomic mass is 10.2. The minimum Gasteiger partial charge on any atom is -0.410 e. The van der Waals surface area contributed by atoms with Gasteiger partial charge in [0.2, 0.25) is 0 Å². The number of carbonyl (C=O) groups is 1. The third-order valence-corrected chi connectivity index (χ3v) is 2.00. The molecule has 1 aromatic rings. The second-order valence-corrected chi connectivity index (χ2v) is 3.23. The van der Waals surface area contributed by atoms with Crippen molar-refractivity contribution >= 4 is 11.8 Å². The molecule has 0 saturated heterocycles. The van der Waals surface area contributed by atoms with Gasteiger partial charge in [-0.2, -0.15) is 10.2 Å². The van der Waals surface area contributed by atoms with E-state index in [9.17, 15) is 4.79 Å². The molecule has 84 valence electrons. The van der Waals surface area contributed by atoms with Crippen LogP contribution in [0.2, 0.25) is 0 Å². The topological polar surface area (TPSA) is 64.1 Å². The molecule has 1 amide bonds. The summed E-state index contributed by atoms with van der Waals surface area (Å²) in [5.41, 5.74) is 0.556. The molecule has 0 saturated carbocycles. The average molecular weight is 219 g/mol. The van der Waals surface area contributed by atoms with Crippen LogP contribution in [0, 0.1) is 0 Å². The van der Waals surface area contributed by atoms with Gasteiger partial charge in [-0.15, -0.1) is 0 Å². The van der Waals surface area contributed by atoms with Crippen LogP contribution in [0.1, 0.15) is 14.3 Å². The molecule has 1 aliphatic rings. The molecule has 1 aromatic heterocycles. The largest absolute Gasteiger partial charge is 0.417 e. The fourth-order valence-corrected chi connectivity index (χ4v) is 1.28. The number of aromatic nitrogens is 2. The lowest BCUT2D eigenvalue weighted by Gasteiger charge is -2.08. The first kappa shape index (κ1) is 10.4. The molecule has 0 spiro atoms. The Morgan fingerprint density at radius 2 is 2.38 bits per heavy atom. The number of anilines is 1. The van der Waals surface area contributed by atoms with Crippen molar-refractivity contribution in [3.05, 3.63) is 42.4 Å². The highest BCUT2D eigenvalue weighted by Gasteiger charge is 2.06. The monoisotopic (exact) mass is 219 g/mol. The smallest absolute Gasteiger partial charge is 0.410 e. The van der Waals surface area contributed by atoms with Crippen molar-refractivity contribution in [2.24, 2.45) is 0 Å². The Kier molecular flexibility index (Phi) is 3.28. The predicted molar refractivity (Wildman–Crippen MR) is 60.7 cm³/mol. The zero-order chi connectivity index (χ0) is 11.2. The summed E-state index contributed by atoms with van der Waals surface area (Å²) in [6.07, 6.45) is 9.95. The van der Waals surface area contributed by atoms with Crippen LogP contribution < -0.4 is 5.32 Å². The van der Waals surface area contributed by atoms with Crippen molar-refractivity contribution in [3.8, 4) is 0 Å². The highest BCUT2D eigenvalue weighted by molar-refractivity contribution is 5.85. The number of allylic oxidation sites excluding steroid dienone is 3. The second kappa shape index (κ2) is 5.06. The van der Waals surface area contributed by atoms with Gasteiger partial charge in [0.1, 0.15) is 5.76 Å². The van der Waals surface area contributed by atoms with Crippen LogP contribution in [-0.4, -0.2) is 16.3 Å². The van der Waals surface area contributed by atoms with E-state index in [1.807, 2.05) is 12.2 Å². The number of amides is 1. The van der Waals surface area contributed by atoms with E-state index in [0.717, 1.165) is 12.8 Å². The van der Waals surface area contributed by atoms with Gasteiger partial charge in [0, 0.05) is 1.43 Å². The number of hydrogen-bond donors (Lipinski definition) is 1. The second-order valence-electron chi connectivity index (χ2n) is 3.23. The van der Waals surface area contributed by atoms with Gasteiger partial charge in [0.15, 0.2) is 0 Å². The predicted octanol–water partition coefficient (Wildman–Crippen LogP) is 2.51. The summed E-state index contributed by atoms with van der Waals surface area (Å²) in [7, 11) is 0. The Labute approximate surface area is 94.3 Å². The molecule has 2 rings (SSSR count). The van der Waals surface area contributed by atoms with Gasteiger partial charge >= 0.3 is 6.09 Å². The van der Waals surface area contributed by atoms with Crippen LogP contribution in [0.3, 0.4) is 0 Å². The number of nitrogens with one attached hydrogen (secondary N) is 1. The molecule has 1 aliphatic carbocycles. The Hall–Kier alpha value is -2.17. The number of ether oxygens (including phenoxy) is 1. The summed E-state index contributed by atoms with van der Waals surface area (Å²) in [5, 5.41) is 9.79. The van der Waals surface area contributed by atoms with E-state index in [2.05, 4.69) is 15.5 Å². The van der Waals surface area contributed by atoms with Gasteiger partial charge < -0.3 is 4.74 Å². The summed E-state index contributed by atoms with van der Waals surface area (Å²) in [6.45, 7) is 0. The number of rotatable bonds is 2. The van der Waals surface area contributed by atoms with Gasteiger partial charge in [-0.1, -0.05) is 6.08 Å². The summed E-state index contributed by atoms with van der Waals surface area (Å²) in [4.78, 5) is 11.4. The van der Waals surface area contributed by atoms with Crippen molar-refractivity contribution < 1.29 is 11.0 Å². The first-order valence-corrected chi connectivity index (χ1v) is 4.97. The van der Waals surface area contributed by atoms with Crippen molar-refractivity contribution in [1.82, 2.24) is 10.2 Å². The van der Waals surface area contributed by atoms with Crippen molar-refractivity contribution in [1.29, 1.82) is 0 Å². The molecule has 0 atom stereocenters. The Balaban J connectivity index is 0.00000144. The van der Waals surface area contributed by atoms with Crippen molar-refractivity contribution in [2.75, 3.05) is 5.32 Å². The number of carbonyl (C=O) groups excluding carboxylic acids is 1. The normalized spacial score (nSPS) is 14.1. The summed E-state index contributed by atoms with van der Waals surface area (Å²) >= 11 is 0. The SMILES string of the molecule is O=C(Nc1ccnnc1)OC1=CCCC=C1.[HH]. The molecule has 16 heavy (non-hydrogen) atoms. The van der Waals surface area contributed by atoms with E-state index in [0.29, 0.717) is 11.4 Å². The standard InChI is InChI=1S/C11H11N3O2.H2/c15-11(14-9-6-7-12-13-8-9)16-10-4-2-1-3-5-10;/h2,4-8H,1,3H2,(H,12,14,15);1H. The number of hydrogen-bond acceptors (Lipinski definition) is 4. The average Bonchev–Trinajstić information content (AvgIpc) is 2.31. The number of nitrogens with zero attached hydrogens (tertiary/aromatic N) is 2. The molecule has 5 nitrogen and oxygen atoms in total. The third kappa shape index (κ3) is 2.91. The zero-order valence-electron chi connectivity index (χ0n) is 8.59. The molecule has 0 aromatic carbocycles. The molecule has 0 aliphatic heterocycles. The van der Waals surface area contributed by atoms with E-state index < -0.39 is 6.09 Å². The third-order valence-electron chi connectivity index (χ3n) is 2.00. The fourth-order valence-electron chi connectivity index (χ4n) is 1.28. The van der Waals surface area contributed by atoms with Crippen LogP contribution in [0.25, 0.3) is 0 Å². The van der Waals surface area contributed by atoms with E-state index in [4.69, 9.17) is 4.74 Å². The first-order chi connectivity index (χ1) is 7.84. The highest BCUT2D eigenvalue weighted by atomic mass is 16.6. The molecule has 5 heteroatoms. The van der Waals surface area contributed by atoms with Crippen molar-refractivity contribution in [3.63, 3.8) is 0 Å². The van der Waals surface area contributed by atoms with E-state index in [1.165, 1.54) is 12.4 Å². The minimum absolute atomic E-state index is 0. The van der Waals surface area contributed by atoms with Crippen LogP contribution in [0.5, 0.6) is 0 Å². The van der Waals surface area contributed by atoms with Gasteiger partial charge in [-0.05, 0) is 31.1 Å². The Morgan fingerprint density at radius 1 is 1.44 bits per heavy atom. The molecule has 0 unspecified atom stereocenters. The maximum atomic E-state index is 11.4. The summed E-state index contributed by atoms with van der Waals surface area (Å²) in [6, 6.07) is 1.64. The Morgan fingerprint density at radius 3 is 3.06 bits per heavy atom. The van der Waals surface area contributed by atoms with Gasteiger partial charge in [-0.3, -0.25) is 5.32 Å². The van der Waals surface area contributed by atoms with E-state index >= 15 is 0 Å². The van der Waals surface area contributed by atoms with E-state index in [-0.39, 0.29) is 1.43 Å². The lowest BCUT2D eigenvalue weighted by molar-refractivity contribution is 0.194. The lowest BCUT2D eigenvalue weighted by Crippen LogP contribution is -2.13. The van der Waals surface area contributed by atoms with Gasteiger partial charge in [-0.25, -0.2) is 4.79 Å². The minimum atomic E-state index is -0.522. The Bertz CT molecular complexity index is 432. The quantitative estimate of drug-likeness (QED) is 0.830. The van der Waals surface area contributed by atoms with E-state index in [1.54, 1.807) is 12.1 Å². The summed E-state index contributed by atoms with van der Waals surface area (Å²) in [5.74, 6) is 0.575. The molecule has 1 N–H and O–H groups in total. The highest BCUT2D eigenvalue weighted by Crippen LogP contribution is 2.12. The van der Waals surface area contributed by atoms with Crippen LogP contribution in [0.15, 0.2) is 42.4 Å². The molecular formula is C11H13N3O2. The molecule has 0 radical (unpaired) electrons. The molecular weight excluding hydrogens is 206 g/mol. The zero-order valence-corrected chi connectivity index (χ0v) is 8.59. The maximum absolute atomic E-state index is 11.4. The summed E-state index contributed by atoms with van der Waals surface area (Å²) < 4.78 is 5.07. The van der Waals surface area contributed by atoms with Crippen LogP contribution in [-0.2, 0) is 4.74 Å². The molecule has 1 heterocycles. The van der Waals surface area contributed by atoms with Crippen LogP contribution in [0.4, 0.5) is 10.5 Å². The fraction of sp³-hybridized carbons (Fsp3) is 0.182. The first-order valence-electron chi connectivity index (χ1n) is 4.97. The van der Waals surface area contributed by atoms with Gasteiger partial charge in [0.05, 0.1) is 18.1 Å².